The van der Waals surface area contributed by atoms with E-state index in [0.29, 0.717) is 21.9 Å². The lowest BCUT2D eigenvalue weighted by Crippen LogP contribution is -2.31. The number of carbonyl (C=O) groups is 1. The van der Waals surface area contributed by atoms with Gasteiger partial charge in [0.25, 0.3) is 5.56 Å². The smallest absolute Gasteiger partial charge is 0.263 e. The highest BCUT2D eigenvalue weighted by Crippen LogP contribution is 2.29. The summed E-state index contributed by atoms with van der Waals surface area (Å²) in [6.07, 6.45) is 1.71. The van der Waals surface area contributed by atoms with Crippen molar-refractivity contribution in [1.29, 1.82) is 0 Å². The van der Waals surface area contributed by atoms with Crippen LogP contribution in [0.2, 0.25) is 0 Å². The van der Waals surface area contributed by atoms with Gasteiger partial charge in [0.2, 0.25) is 5.91 Å². The van der Waals surface area contributed by atoms with Crippen molar-refractivity contribution >= 4 is 39.2 Å². The van der Waals surface area contributed by atoms with Crippen molar-refractivity contribution in [2.24, 2.45) is 0 Å². The second-order valence-electron chi connectivity index (χ2n) is 7.95. The molecule has 0 saturated carbocycles. The number of hydrogen-bond acceptors (Lipinski definition) is 6. The maximum Gasteiger partial charge on any atom is 0.263 e. The normalized spacial score (nSPS) is 12.1. The summed E-state index contributed by atoms with van der Waals surface area (Å²) in [7, 11) is 1.81. The quantitative estimate of drug-likeness (QED) is 0.281. The fourth-order valence-electron chi connectivity index (χ4n) is 3.61. The van der Waals surface area contributed by atoms with Crippen LogP contribution in [0.15, 0.2) is 64.7 Å². The second kappa shape index (κ2) is 9.89. The van der Waals surface area contributed by atoms with Gasteiger partial charge in [-0.15, -0.1) is 11.3 Å². The number of aromatic nitrogens is 3. The minimum atomic E-state index is -0.0894. The van der Waals surface area contributed by atoms with Gasteiger partial charge in [-0.2, -0.15) is 0 Å². The molecule has 8 heteroatoms. The van der Waals surface area contributed by atoms with Gasteiger partial charge in [0.15, 0.2) is 5.16 Å². The summed E-state index contributed by atoms with van der Waals surface area (Å²) in [6.45, 7) is 6.28. The molecule has 6 nitrogen and oxygen atoms in total. The zero-order valence-electron chi connectivity index (χ0n) is 19.1. The molecule has 3 aromatic heterocycles. The molecule has 1 atom stereocenters. The van der Waals surface area contributed by atoms with Gasteiger partial charge in [-0.3, -0.25) is 19.1 Å². The van der Waals surface area contributed by atoms with Crippen molar-refractivity contribution < 1.29 is 4.79 Å². The van der Waals surface area contributed by atoms with E-state index in [9.17, 15) is 9.59 Å². The van der Waals surface area contributed by atoms with E-state index in [-0.39, 0.29) is 23.3 Å². The van der Waals surface area contributed by atoms with E-state index in [1.807, 2.05) is 76.3 Å². The number of amides is 1. The lowest BCUT2D eigenvalue weighted by atomic mass is 10.1. The van der Waals surface area contributed by atoms with Gasteiger partial charge in [-0.25, -0.2) is 4.98 Å². The fourth-order valence-corrected chi connectivity index (χ4v) is 5.60. The average molecular weight is 479 g/mol. The molecule has 170 valence electrons. The lowest BCUT2D eigenvalue weighted by molar-refractivity contribution is -0.128. The van der Waals surface area contributed by atoms with Crippen LogP contribution in [-0.2, 0) is 11.3 Å². The van der Waals surface area contributed by atoms with Gasteiger partial charge in [0.05, 0.1) is 29.4 Å². The molecule has 3 heterocycles. The molecule has 0 aliphatic heterocycles. The SMILES string of the molecule is Cc1sc2nc(SCC(=O)N(C)C(C)c3ccccc3)n(Cc3ccccn3)c(=O)c2c1C. The first-order chi connectivity index (χ1) is 15.9. The number of benzene rings is 1. The van der Waals surface area contributed by atoms with Gasteiger partial charge in [0.1, 0.15) is 4.83 Å². The van der Waals surface area contributed by atoms with Crippen LogP contribution in [0.5, 0.6) is 0 Å². The Morgan fingerprint density at radius 1 is 1.15 bits per heavy atom. The summed E-state index contributed by atoms with van der Waals surface area (Å²) in [4.78, 5) is 39.1. The molecule has 1 amide bonds. The monoisotopic (exact) mass is 478 g/mol. The van der Waals surface area contributed by atoms with Crippen molar-refractivity contribution in [1.82, 2.24) is 19.4 Å². The predicted octanol–water partition coefficient (Wildman–Crippen LogP) is 4.83. The number of thiophene rings is 1. The molecule has 4 aromatic rings. The molecule has 0 aliphatic carbocycles. The molecule has 33 heavy (non-hydrogen) atoms. The standard InChI is InChI=1S/C25H26N4O2S2/c1-16-18(3)33-23-22(16)24(31)29(14-20-12-8-9-13-26-20)25(27-23)32-15-21(30)28(4)17(2)19-10-6-5-7-11-19/h5-13,17H,14-15H2,1-4H3. The van der Waals surface area contributed by atoms with E-state index in [4.69, 9.17) is 4.98 Å². The third-order valence-electron chi connectivity index (χ3n) is 5.88. The number of thioether (sulfide) groups is 1. The highest BCUT2D eigenvalue weighted by Gasteiger charge is 2.21. The maximum absolute atomic E-state index is 13.5. The molecule has 1 unspecified atom stereocenters. The number of hydrogen-bond donors (Lipinski definition) is 0. The first kappa shape index (κ1) is 23.2. The fraction of sp³-hybridized carbons (Fsp3) is 0.280. The summed E-state index contributed by atoms with van der Waals surface area (Å²) in [6, 6.07) is 15.5. The molecule has 0 radical (unpaired) electrons. The third-order valence-corrected chi connectivity index (χ3v) is 7.94. The molecule has 0 saturated heterocycles. The van der Waals surface area contributed by atoms with Crippen LogP contribution in [0.1, 0.15) is 34.7 Å². The Labute approximate surface area is 201 Å². The minimum Gasteiger partial charge on any atom is -0.338 e. The topological polar surface area (TPSA) is 68.1 Å². The zero-order chi connectivity index (χ0) is 23.5. The molecular weight excluding hydrogens is 452 g/mol. The highest BCUT2D eigenvalue weighted by atomic mass is 32.2. The number of nitrogens with zero attached hydrogens (tertiary/aromatic N) is 4. The number of carbonyl (C=O) groups excluding carboxylic acids is 1. The Kier molecular flexibility index (Phi) is 6.95. The van der Waals surface area contributed by atoms with Gasteiger partial charge in [-0.05, 0) is 44.0 Å². The van der Waals surface area contributed by atoms with Crippen molar-refractivity contribution in [2.45, 2.75) is 38.5 Å². The third kappa shape index (κ3) is 4.86. The first-order valence-electron chi connectivity index (χ1n) is 10.7. The maximum atomic E-state index is 13.5. The van der Waals surface area contributed by atoms with Crippen molar-refractivity contribution in [3.05, 3.63) is 86.8 Å². The van der Waals surface area contributed by atoms with Crippen molar-refractivity contribution in [3.8, 4) is 0 Å². The molecule has 1 aromatic carbocycles. The Bertz CT molecular complexity index is 1330. The largest absolute Gasteiger partial charge is 0.338 e. The summed E-state index contributed by atoms with van der Waals surface area (Å²) in [5.41, 5.74) is 2.72. The number of fused-ring (bicyclic) bond motifs is 1. The van der Waals surface area contributed by atoms with E-state index < -0.39 is 0 Å². The van der Waals surface area contributed by atoms with E-state index >= 15 is 0 Å². The molecule has 0 fully saturated rings. The summed E-state index contributed by atoms with van der Waals surface area (Å²) in [5.74, 6) is 0.172. The van der Waals surface area contributed by atoms with Gasteiger partial charge in [0, 0.05) is 18.1 Å². The van der Waals surface area contributed by atoms with Crippen LogP contribution < -0.4 is 5.56 Å². The predicted molar refractivity (Wildman–Crippen MR) is 135 cm³/mol. The molecule has 0 spiro atoms. The molecule has 4 rings (SSSR count). The van der Waals surface area contributed by atoms with Gasteiger partial charge < -0.3 is 4.90 Å². The highest BCUT2D eigenvalue weighted by molar-refractivity contribution is 7.99. The van der Waals surface area contributed by atoms with Gasteiger partial charge >= 0.3 is 0 Å². The second-order valence-corrected chi connectivity index (χ2v) is 10.1. The van der Waals surface area contributed by atoms with Crippen LogP contribution in [-0.4, -0.2) is 38.1 Å². The van der Waals surface area contributed by atoms with Gasteiger partial charge in [-0.1, -0.05) is 48.2 Å². The lowest BCUT2D eigenvalue weighted by Gasteiger charge is -2.25. The summed E-state index contributed by atoms with van der Waals surface area (Å²) < 4.78 is 1.64. The van der Waals surface area contributed by atoms with Crippen LogP contribution in [0.4, 0.5) is 0 Å². The Hall–Kier alpha value is -2.97. The molecule has 0 aliphatic rings. The van der Waals surface area contributed by atoms with Crippen molar-refractivity contribution in [3.63, 3.8) is 0 Å². The molecule has 0 bridgehead atoms. The molecule has 0 N–H and O–H groups in total. The number of rotatable bonds is 7. The van der Waals surface area contributed by atoms with Crippen molar-refractivity contribution in [2.75, 3.05) is 12.8 Å². The minimum absolute atomic E-state index is 0.0198. The Balaban J connectivity index is 1.63. The summed E-state index contributed by atoms with van der Waals surface area (Å²) >= 11 is 2.82. The molecular formula is C25H26N4O2S2. The first-order valence-corrected chi connectivity index (χ1v) is 12.5. The van der Waals surface area contributed by atoms with Crippen LogP contribution >= 0.6 is 23.1 Å². The average Bonchev–Trinajstić information content (AvgIpc) is 3.13. The van der Waals surface area contributed by atoms with Crippen LogP contribution in [0.3, 0.4) is 0 Å². The summed E-state index contributed by atoms with van der Waals surface area (Å²) in [5, 5.41) is 1.19. The Morgan fingerprint density at radius 3 is 2.58 bits per heavy atom. The van der Waals surface area contributed by atoms with Crippen LogP contribution in [0.25, 0.3) is 10.2 Å². The van der Waals surface area contributed by atoms with Crippen LogP contribution in [0, 0.1) is 13.8 Å². The number of pyridine rings is 1. The van der Waals surface area contributed by atoms with E-state index in [1.165, 1.54) is 23.1 Å². The van der Waals surface area contributed by atoms with E-state index in [2.05, 4.69) is 4.98 Å². The van der Waals surface area contributed by atoms with E-state index in [0.717, 1.165) is 21.7 Å². The zero-order valence-corrected chi connectivity index (χ0v) is 20.7. The Morgan fingerprint density at radius 2 is 1.88 bits per heavy atom. The van der Waals surface area contributed by atoms with E-state index in [1.54, 1.807) is 15.7 Å². The number of aryl methyl sites for hydroxylation is 2.